The van der Waals surface area contributed by atoms with E-state index in [1.807, 2.05) is 25.7 Å². The molecule has 1 atom stereocenters. The number of urea groups is 1. The van der Waals surface area contributed by atoms with E-state index >= 15 is 0 Å². The Morgan fingerprint density at radius 1 is 0.933 bits per heavy atom. The third kappa shape index (κ3) is 7.36. The van der Waals surface area contributed by atoms with Gasteiger partial charge in [0.1, 0.15) is 5.60 Å². The smallest absolute Gasteiger partial charge is 0.407 e. The molecule has 0 aromatic heterocycles. The Morgan fingerprint density at radius 3 is 2.13 bits per heavy atom. The van der Waals surface area contributed by atoms with Gasteiger partial charge in [0, 0.05) is 44.2 Å². The second kappa shape index (κ2) is 10.9. The summed E-state index contributed by atoms with van der Waals surface area (Å²) in [6, 6.07) is -0.100. The first-order chi connectivity index (χ1) is 14.1. The van der Waals surface area contributed by atoms with Gasteiger partial charge in [0.25, 0.3) is 0 Å². The highest BCUT2D eigenvalue weighted by atomic mass is 16.6. The largest absolute Gasteiger partial charge is 0.444 e. The minimum absolute atomic E-state index is 0.0856. The lowest BCUT2D eigenvalue weighted by Crippen LogP contribution is -2.55. The summed E-state index contributed by atoms with van der Waals surface area (Å²) in [6.07, 6.45) is 4.55. The van der Waals surface area contributed by atoms with Crippen LogP contribution in [0.25, 0.3) is 0 Å². The van der Waals surface area contributed by atoms with E-state index in [0.29, 0.717) is 26.2 Å². The molecule has 30 heavy (non-hydrogen) atoms. The maximum absolute atomic E-state index is 12.7. The zero-order valence-corrected chi connectivity index (χ0v) is 19.3. The maximum atomic E-state index is 12.7. The first-order valence-electron chi connectivity index (χ1n) is 11.5. The molecule has 4 amide bonds. The fourth-order valence-corrected chi connectivity index (χ4v) is 4.16. The van der Waals surface area contributed by atoms with E-state index in [4.69, 9.17) is 4.74 Å². The van der Waals surface area contributed by atoms with Crippen molar-refractivity contribution >= 4 is 18.0 Å². The van der Waals surface area contributed by atoms with Gasteiger partial charge in [0.2, 0.25) is 5.91 Å². The lowest BCUT2D eigenvalue weighted by atomic mass is 9.98. The molecule has 2 saturated heterocycles. The van der Waals surface area contributed by atoms with Crippen molar-refractivity contribution in [2.45, 2.75) is 90.8 Å². The van der Waals surface area contributed by atoms with E-state index in [1.165, 1.54) is 0 Å². The summed E-state index contributed by atoms with van der Waals surface area (Å²) in [6.45, 7) is 12.2. The molecule has 2 rings (SSSR count). The van der Waals surface area contributed by atoms with Crippen molar-refractivity contribution < 1.29 is 19.1 Å². The van der Waals surface area contributed by atoms with Gasteiger partial charge in [-0.2, -0.15) is 0 Å². The highest BCUT2D eigenvalue weighted by molar-refractivity contribution is 5.79. The average molecular weight is 425 g/mol. The predicted octanol–water partition coefficient (Wildman–Crippen LogP) is 3.11. The van der Waals surface area contributed by atoms with Crippen LogP contribution >= 0.6 is 0 Å². The topological polar surface area (TPSA) is 91.0 Å². The number of likely N-dealkylation sites (tertiary alicyclic amines) is 2. The van der Waals surface area contributed by atoms with E-state index in [1.54, 1.807) is 4.90 Å². The Labute approximate surface area is 181 Å². The SMILES string of the molecule is CCC(CC)C(=O)N1CCC(NC(=O)N2CCCC(NC(=O)OC(C)(C)C)C2)CC1. The average Bonchev–Trinajstić information content (AvgIpc) is 2.68. The summed E-state index contributed by atoms with van der Waals surface area (Å²) in [5.74, 6) is 0.357. The molecule has 2 aliphatic heterocycles. The number of ether oxygens (including phenoxy) is 1. The van der Waals surface area contributed by atoms with Crippen molar-refractivity contribution in [3.63, 3.8) is 0 Å². The van der Waals surface area contributed by atoms with E-state index in [0.717, 1.165) is 38.5 Å². The van der Waals surface area contributed by atoms with Gasteiger partial charge in [-0.15, -0.1) is 0 Å². The Kier molecular flexibility index (Phi) is 8.79. The van der Waals surface area contributed by atoms with Crippen LogP contribution in [-0.2, 0) is 9.53 Å². The molecule has 2 fully saturated rings. The van der Waals surface area contributed by atoms with Crippen LogP contribution in [0.15, 0.2) is 0 Å². The number of nitrogens with one attached hydrogen (secondary N) is 2. The zero-order chi connectivity index (χ0) is 22.3. The fraction of sp³-hybridized carbons (Fsp3) is 0.864. The van der Waals surface area contributed by atoms with Crippen LogP contribution in [0.2, 0.25) is 0 Å². The Balaban J connectivity index is 1.77. The maximum Gasteiger partial charge on any atom is 0.407 e. The molecule has 0 aromatic rings. The number of piperidine rings is 2. The van der Waals surface area contributed by atoms with Crippen LogP contribution < -0.4 is 10.6 Å². The third-order valence-electron chi connectivity index (χ3n) is 5.90. The highest BCUT2D eigenvalue weighted by Crippen LogP contribution is 2.18. The minimum atomic E-state index is -0.541. The molecule has 8 heteroatoms. The van der Waals surface area contributed by atoms with Crippen molar-refractivity contribution in [3.05, 3.63) is 0 Å². The van der Waals surface area contributed by atoms with Gasteiger partial charge < -0.3 is 25.2 Å². The van der Waals surface area contributed by atoms with Crippen molar-refractivity contribution in [1.82, 2.24) is 20.4 Å². The summed E-state index contributed by atoms with van der Waals surface area (Å²) >= 11 is 0. The van der Waals surface area contributed by atoms with Crippen LogP contribution in [0.3, 0.4) is 0 Å². The summed E-state index contributed by atoms with van der Waals surface area (Å²) in [7, 11) is 0. The van der Waals surface area contributed by atoms with Gasteiger partial charge in [0.05, 0.1) is 0 Å². The van der Waals surface area contributed by atoms with Crippen molar-refractivity contribution in [3.8, 4) is 0 Å². The summed E-state index contributed by atoms with van der Waals surface area (Å²) in [5, 5.41) is 6.00. The van der Waals surface area contributed by atoms with Gasteiger partial charge in [-0.1, -0.05) is 13.8 Å². The number of hydrogen-bond donors (Lipinski definition) is 2. The minimum Gasteiger partial charge on any atom is -0.444 e. The van der Waals surface area contributed by atoms with E-state index in [-0.39, 0.29) is 29.9 Å². The monoisotopic (exact) mass is 424 g/mol. The van der Waals surface area contributed by atoms with Crippen molar-refractivity contribution in [1.29, 1.82) is 0 Å². The molecule has 0 aromatic carbocycles. The number of carbonyl (C=O) groups excluding carboxylic acids is 3. The van der Waals surface area contributed by atoms with Crippen LogP contribution in [-0.4, -0.2) is 71.7 Å². The lowest BCUT2D eigenvalue weighted by Gasteiger charge is -2.37. The molecule has 2 heterocycles. The highest BCUT2D eigenvalue weighted by Gasteiger charge is 2.30. The van der Waals surface area contributed by atoms with Gasteiger partial charge in [-0.05, 0) is 59.3 Å². The number of nitrogens with zero attached hydrogens (tertiary/aromatic N) is 2. The van der Waals surface area contributed by atoms with Gasteiger partial charge >= 0.3 is 12.1 Å². The van der Waals surface area contributed by atoms with E-state index < -0.39 is 11.7 Å². The molecule has 1 unspecified atom stereocenters. The molecular weight excluding hydrogens is 384 g/mol. The quantitative estimate of drug-likeness (QED) is 0.709. The molecule has 0 saturated carbocycles. The molecular formula is C22H40N4O4. The van der Waals surface area contributed by atoms with Crippen LogP contribution in [0.1, 0.15) is 73.1 Å². The lowest BCUT2D eigenvalue weighted by molar-refractivity contribution is -0.136. The van der Waals surface area contributed by atoms with Crippen LogP contribution in [0.5, 0.6) is 0 Å². The number of rotatable bonds is 5. The van der Waals surface area contributed by atoms with Crippen LogP contribution in [0, 0.1) is 5.92 Å². The molecule has 0 spiro atoms. The number of amides is 4. The summed E-state index contributed by atoms with van der Waals surface area (Å²) < 4.78 is 5.32. The Hall–Kier alpha value is -1.99. The molecule has 0 radical (unpaired) electrons. The second-order valence-corrected chi connectivity index (χ2v) is 9.49. The normalized spacial score (nSPS) is 20.8. The zero-order valence-electron chi connectivity index (χ0n) is 19.3. The Bertz CT molecular complexity index is 592. The van der Waals surface area contributed by atoms with Crippen molar-refractivity contribution in [2.24, 2.45) is 5.92 Å². The predicted molar refractivity (Wildman–Crippen MR) is 116 cm³/mol. The molecule has 0 bridgehead atoms. The molecule has 2 N–H and O–H groups in total. The van der Waals surface area contributed by atoms with Crippen molar-refractivity contribution in [2.75, 3.05) is 26.2 Å². The summed E-state index contributed by atoms with van der Waals surface area (Å²) in [5.41, 5.74) is -0.541. The fourth-order valence-electron chi connectivity index (χ4n) is 4.16. The van der Waals surface area contributed by atoms with Gasteiger partial charge in [-0.25, -0.2) is 9.59 Å². The third-order valence-corrected chi connectivity index (χ3v) is 5.90. The Morgan fingerprint density at radius 2 is 1.57 bits per heavy atom. The molecule has 0 aliphatic carbocycles. The number of carbonyl (C=O) groups is 3. The van der Waals surface area contributed by atoms with E-state index in [9.17, 15) is 14.4 Å². The second-order valence-electron chi connectivity index (χ2n) is 9.49. The number of hydrogen-bond acceptors (Lipinski definition) is 4. The van der Waals surface area contributed by atoms with Gasteiger partial charge in [0.15, 0.2) is 0 Å². The molecule has 2 aliphatic rings. The summed E-state index contributed by atoms with van der Waals surface area (Å²) in [4.78, 5) is 41.0. The molecule has 8 nitrogen and oxygen atoms in total. The molecule has 172 valence electrons. The van der Waals surface area contributed by atoms with Gasteiger partial charge in [-0.3, -0.25) is 4.79 Å². The number of alkyl carbamates (subject to hydrolysis) is 1. The van der Waals surface area contributed by atoms with Crippen LogP contribution in [0.4, 0.5) is 9.59 Å². The first kappa shape index (κ1) is 24.3. The first-order valence-corrected chi connectivity index (χ1v) is 11.5. The van der Waals surface area contributed by atoms with E-state index in [2.05, 4.69) is 24.5 Å². The standard InChI is InChI=1S/C22H40N4O4/c1-6-16(7-2)19(27)25-13-10-17(11-14-25)23-20(28)26-12-8-9-18(15-26)24-21(29)30-22(3,4)5/h16-18H,6-15H2,1-5H3,(H,23,28)(H,24,29).